The van der Waals surface area contributed by atoms with Gasteiger partial charge in [-0.2, -0.15) is 0 Å². The quantitative estimate of drug-likeness (QED) is 0.827. The molecule has 0 radical (unpaired) electrons. The van der Waals surface area contributed by atoms with Gasteiger partial charge >= 0.3 is 0 Å². The number of aliphatic hydroxyl groups is 1. The van der Waals surface area contributed by atoms with E-state index in [4.69, 9.17) is 0 Å². The number of hydrogen-bond acceptors (Lipinski definition) is 3. The summed E-state index contributed by atoms with van der Waals surface area (Å²) in [5.41, 5.74) is 0.867. The molecule has 20 heavy (non-hydrogen) atoms. The van der Waals surface area contributed by atoms with Crippen molar-refractivity contribution >= 4 is 27.5 Å². The van der Waals surface area contributed by atoms with E-state index in [1.807, 2.05) is 24.0 Å². The van der Waals surface area contributed by atoms with E-state index in [2.05, 4.69) is 28.2 Å². The Bertz CT molecular complexity index is 567. The summed E-state index contributed by atoms with van der Waals surface area (Å²) in [5.74, 6) is 0.316. The van der Waals surface area contributed by atoms with Gasteiger partial charge in [0.2, 0.25) is 5.72 Å². The first-order valence-corrected chi connectivity index (χ1v) is 7.81. The zero-order valence-electron chi connectivity index (χ0n) is 11.7. The van der Waals surface area contributed by atoms with E-state index in [1.54, 1.807) is 0 Å². The molecule has 2 aliphatic heterocycles. The molecular formula is C15H19BrN2O2. The Morgan fingerprint density at radius 3 is 2.70 bits per heavy atom. The lowest BCUT2D eigenvalue weighted by atomic mass is 9.93. The largest absolute Gasteiger partial charge is 0.364 e. The highest BCUT2D eigenvalue weighted by atomic mass is 79.9. The molecule has 4 nitrogen and oxygen atoms in total. The number of benzene rings is 1. The molecule has 2 aliphatic rings. The monoisotopic (exact) mass is 338 g/mol. The molecule has 0 saturated carbocycles. The average molecular weight is 339 g/mol. The molecule has 0 spiro atoms. The summed E-state index contributed by atoms with van der Waals surface area (Å²) >= 11 is 3.47. The number of rotatable bonds is 1. The third-order valence-electron chi connectivity index (χ3n) is 4.41. The van der Waals surface area contributed by atoms with E-state index >= 15 is 0 Å². The topological polar surface area (TPSA) is 52.6 Å². The van der Waals surface area contributed by atoms with Crippen LogP contribution in [0, 0.1) is 12.8 Å². The molecule has 5 heteroatoms. The fourth-order valence-electron chi connectivity index (χ4n) is 3.11. The highest BCUT2D eigenvalue weighted by molar-refractivity contribution is 9.10. The minimum Gasteiger partial charge on any atom is -0.364 e. The van der Waals surface area contributed by atoms with Crippen molar-refractivity contribution in [1.29, 1.82) is 0 Å². The van der Waals surface area contributed by atoms with Crippen molar-refractivity contribution in [2.45, 2.75) is 32.4 Å². The highest BCUT2D eigenvalue weighted by Gasteiger charge is 2.51. The summed E-state index contributed by atoms with van der Waals surface area (Å²) in [5, 5.41) is 13.9. The number of aryl methyl sites for hydroxylation is 1. The van der Waals surface area contributed by atoms with Gasteiger partial charge in [-0.15, -0.1) is 0 Å². The number of carbonyl (C=O) groups excluding carboxylic acids is 1. The molecule has 1 saturated heterocycles. The van der Waals surface area contributed by atoms with Crippen LogP contribution in [0.1, 0.15) is 30.9 Å². The van der Waals surface area contributed by atoms with E-state index < -0.39 is 5.72 Å². The molecule has 1 fully saturated rings. The van der Waals surface area contributed by atoms with Crippen molar-refractivity contribution in [3.05, 3.63) is 27.7 Å². The number of nitrogens with one attached hydrogen (secondary N) is 1. The highest BCUT2D eigenvalue weighted by Crippen LogP contribution is 2.44. The van der Waals surface area contributed by atoms with Gasteiger partial charge in [0.25, 0.3) is 5.91 Å². The van der Waals surface area contributed by atoms with Crippen LogP contribution < -0.4 is 5.32 Å². The number of amides is 1. The zero-order chi connectivity index (χ0) is 14.5. The fourth-order valence-corrected chi connectivity index (χ4v) is 3.79. The Morgan fingerprint density at radius 1 is 1.40 bits per heavy atom. The lowest BCUT2D eigenvalue weighted by molar-refractivity contribution is -0.162. The predicted molar refractivity (Wildman–Crippen MR) is 81.4 cm³/mol. The number of fused-ring (bicyclic) bond motifs is 1. The van der Waals surface area contributed by atoms with Crippen LogP contribution in [0.5, 0.6) is 0 Å². The number of likely N-dealkylation sites (tertiary alicyclic amines) is 1. The maximum atomic E-state index is 12.4. The average Bonchev–Trinajstić information content (AvgIpc) is 2.65. The van der Waals surface area contributed by atoms with Gasteiger partial charge in [-0.25, -0.2) is 0 Å². The van der Waals surface area contributed by atoms with Crippen LogP contribution in [0.4, 0.5) is 5.69 Å². The van der Waals surface area contributed by atoms with Gasteiger partial charge in [0.1, 0.15) is 0 Å². The molecule has 1 atom stereocenters. The lowest BCUT2D eigenvalue weighted by Crippen LogP contribution is -2.53. The van der Waals surface area contributed by atoms with Gasteiger partial charge < -0.3 is 10.4 Å². The van der Waals surface area contributed by atoms with Crippen LogP contribution in [-0.2, 0) is 10.5 Å². The maximum Gasteiger partial charge on any atom is 0.277 e. The third kappa shape index (κ3) is 2.00. The zero-order valence-corrected chi connectivity index (χ0v) is 13.3. The van der Waals surface area contributed by atoms with Crippen molar-refractivity contribution < 1.29 is 9.90 Å². The Labute approximate surface area is 127 Å². The number of halogens is 1. The third-order valence-corrected chi connectivity index (χ3v) is 5.03. The van der Waals surface area contributed by atoms with E-state index in [-0.39, 0.29) is 5.91 Å². The maximum absolute atomic E-state index is 12.4. The first kappa shape index (κ1) is 14.0. The second-order valence-electron chi connectivity index (χ2n) is 5.97. The van der Waals surface area contributed by atoms with E-state index in [9.17, 15) is 9.90 Å². The number of hydrogen-bond donors (Lipinski definition) is 2. The number of nitrogens with zero attached hydrogens (tertiary/aromatic N) is 1. The standard InChI is InChI=1S/C15H19BrN2O2/c1-9-3-5-18(6-4-9)15(20)11-7-10(2)8-12(16)13(11)17-14(15)19/h7-9,20H,3-6H2,1-2H3,(H,17,19). The van der Waals surface area contributed by atoms with Crippen molar-refractivity contribution in [3.8, 4) is 0 Å². The van der Waals surface area contributed by atoms with Crippen LogP contribution in [0.3, 0.4) is 0 Å². The first-order valence-electron chi connectivity index (χ1n) is 7.02. The molecule has 1 amide bonds. The Hall–Kier alpha value is -0.910. The number of piperidine rings is 1. The molecular weight excluding hydrogens is 320 g/mol. The van der Waals surface area contributed by atoms with Crippen LogP contribution in [-0.4, -0.2) is 29.0 Å². The summed E-state index contributed by atoms with van der Waals surface area (Å²) in [7, 11) is 0. The van der Waals surface area contributed by atoms with E-state index in [1.165, 1.54) is 0 Å². The van der Waals surface area contributed by atoms with Crippen molar-refractivity contribution in [3.63, 3.8) is 0 Å². The normalized spacial score (nSPS) is 27.5. The molecule has 108 valence electrons. The molecule has 3 rings (SSSR count). The van der Waals surface area contributed by atoms with Gasteiger partial charge in [0, 0.05) is 23.1 Å². The van der Waals surface area contributed by atoms with Crippen LogP contribution in [0.15, 0.2) is 16.6 Å². The van der Waals surface area contributed by atoms with Gasteiger partial charge in [-0.05, 0) is 59.3 Å². The smallest absolute Gasteiger partial charge is 0.277 e. The van der Waals surface area contributed by atoms with Gasteiger partial charge in [0.05, 0.1) is 5.69 Å². The van der Waals surface area contributed by atoms with Crippen LogP contribution in [0.25, 0.3) is 0 Å². The van der Waals surface area contributed by atoms with E-state index in [0.29, 0.717) is 17.2 Å². The second kappa shape index (κ2) is 4.83. The van der Waals surface area contributed by atoms with Crippen molar-refractivity contribution in [2.24, 2.45) is 5.92 Å². The fraction of sp³-hybridized carbons (Fsp3) is 0.533. The van der Waals surface area contributed by atoms with E-state index in [0.717, 1.165) is 36.0 Å². The Morgan fingerprint density at radius 2 is 2.05 bits per heavy atom. The summed E-state index contributed by atoms with van der Waals surface area (Å²) in [6.45, 7) is 5.67. The summed E-state index contributed by atoms with van der Waals surface area (Å²) in [4.78, 5) is 14.3. The van der Waals surface area contributed by atoms with Crippen LogP contribution in [0.2, 0.25) is 0 Å². The predicted octanol–water partition coefficient (Wildman–Crippen LogP) is 2.59. The summed E-state index contributed by atoms with van der Waals surface area (Å²) < 4.78 is 0.821. The summed E-state index contributed by atoms with van der Waals surface area (Å²) in [6.07, 6.45) is 2.02. The summed E-state index contributed by atoms with van der Waals surface area (Å²) in [6, 6.07) is 3.85. The molecule has 2 heterocycles. The number of anilines is 1. The molecule has 1 unspecified atom stereocenters. The second-order valence-corrected chi connectivity index (χ2v) is 6.82. The molecule has 0 aliphatic carbocycles. The van der Waals surface area contributed by atoms with Crippen molar-refractivity contribution in [1.82, 2.24) is 4.90 Å². The lowest BCUT2D eigenvalue weighted by Gasteiger charge is -2.39. The molecule has 1 aromatic rings. The molecule has 0 bridgehead atoms. The van der Waals surface area contributed by atoms with Crippen molar-refractivity contribution in [2.75, 3.05) is 18.4 Å². The number of carbonyl (C=O) groups is 1. The van der Waals surface area contributed by atoms with Gasteiger partial charge in [-0.1, -0.05) is 6.92 Å². The minimum atomic E-state index is -1.52. The molecule has 0 aromatic heterocycles. The van der Waals surface area contributed by atoms with Gasteiger partial charge in [-0.3, -0.25) is 9.69 Å². The molecule has 1 aromatic carbocycles. The SMILES string of the molecule is Cc1cc(Br)c2c(c1)C(O)(N1CCC(C)CC1)C(=O)N2. The minimum absolute atomic E-state index is 0.339. The Balaban J connectivity index is 2.04. The van der Waals surface area contributed by atoms with Gasteiger partial charge in [0.15, 0.2) is 0 Å². The van der Waals surface area contributed by atoms with Crippen LogP contribution >= 0.6 is 15.9 Å². The first-order chi connectivity index (χ1) is 9.42. The molecule has 2 N–H and O–H groups in total. The Kier molecular flexibility index (Phi) is 3.39.